The lowest BCUT2D eigenvalue weighted by Crippen LogP contribution is -2.30. The smallest absolute Gasteiger partial charge is 0.0562 e. The van der Waals surface area contributed by atoms with E-state index in [-0.39, 0.29) is 5.41 Å². The van der Waals surface area contributed by atoms with E-state index in [9.17, 15) is 0 Å². The van der Waals surface area contributed by atoms with Crippen molar-refractivity contribution in [3.05, 3.63) is 313 Å². The number of fused-ring (bicyclic) bond motifs is 16. The van der Waals surface area contributed by atoms with Gasteiger partial charge in [-0.05, 0) is 180 Å². The molecular formula is C82H56N4. The lowest BCUT2D eigenvalue weighted by Gasteiger charge is -2.42. The van der Waals surface area contributed by atoms with Crippen LogP contribution in [0.4, 0.5) is 34.1 Å². The highest BCUT2D eigenvalue weighted by Crippen LogP contribution is 2.54. The molecule has 0 fully saturated rings. The maximum absolute atomic E-state index is 2.58. The molecule has 0 saturated heterocycles. The Morgan fingerprint density at radius 2 is 0.721 bits per heavy atom. The van der Waals surface area contributed by atoms with E-state index in [2.05, 4.69) is 324 Å². The summed E-state index contributed by atoms with van der Waals surface area (Å²) in [6.45, 7) is 4.76. The molecule has 0 amide bonds. The quantitative estimate of drug-likeness (QED) is 0.154. The fourth-order valence-corrected chi connectivity index (χ4v) is 15.0. The summed E-state index contributed by atoms with van der Waals surface area (Å²) >= 11 is 0. The van der Waals surface area contributed by atoms with Gasteiger partial charge in [0.15, 0.2) is 0 Å². The Labute approximate surface area is 498 Å². The third-order valence-corrected chi connectivity index (χ3v) is 19.0. The van der Waals surface area contributed by atoms with Crippen molar-refractivity contribution >= 4 is 110 Å². The first-order valence-electron chi connectivity index (χ1n) is 30.0. The third-order valence-electron chi connectivity index (χ3n) is 19.0. The van der Waals surface area contributed by atoms with Gasteiger partial charge in [0.2, 0.25) is 0 Å². The van der Waals surface area contributed by atoms with Crippen molar-refractivity contribution in [3.63, 3.8) is 0 Å². The lowest BCUT2D eigenvalue weighted by atomic mass is 9.73. The monoisotopic (exact) mass is 1100 g/mol. The molecule has 2 aliphatic rings. The zero-order valence-corrected chi connectivity index (χ0v) is 47.7. The number of benzene rings is 14. The van der Waals surface area contributed by atoms with Crippen molar-refractivity contribution in [3.8, 4) is 33.6 Å². The molecule has 0 radical (unpaired) electrons. The largest absolute Gasteiger partial charge is 0.310 e. The Hall–Kier alpha value is -10.9. The van der Waals surface area contributed by atoms with Crippen molar-refractivity contribution < 1.29 is 0 Å². The van der Waals surface area contributed by atoms with Crippen LogP contribution >= 0.6 is 0 Å². The summed E-state index contributed by atoms with van der Waals surface area (Å²) in [6.07, 6.45) is 0.811. The van der Waals surface area contributed by atoms with E-state index in [4.69, 9.17) is 0 Å². The first-order valence-corrected chi connectivity index (χ1v) is 30.0. The summed E-state index contributed by atoms with van der Waals surface area (Å²) in [5, 5.41) is 12.5. The number of rotatable bonds is 6. The highest BCUT2D eigenvalue weighted by Gasteiger charge is 2.37. The van der Waals surface area contributed by atoms with Crippen LogP contribution in [0.25, 0.3) is 110 Å². The number of hydrogen-bond acceptors (Lipinski definition) is 2. The fourth-order valence-electron chi connectivity index (χ4n) is 15.0. The summed E-state index contributed by atoms with van der Waals surface area (Å²) in [4.78, 5) is 5.02. The zero-order valence-electron chi connectivity index (χ0n) is 47.7. The van der Waals surface area contributed by atoms with Crippen molar-refractivity contribution in [1.82, 2.24) is 9.13 Å². The van der Waals surface area contributed by atoms with E-state index >= 15 is 0 Å². The first kappa shape index (κ1) is 48.6. The Balaban J connectivity index is 0.888. The van der Waals surface area contributed by atoms with Gasteiger partial charge in [0.1, 0.15) is 0 Å². The standard InChI is InChI=1S/C82H56N4/c1-82(2)72-34-17-19-36-77(72)83(58-26-10-5-11-27-58)81-48-61(39-40-73(81)82)86-79-50-67-65-33-16-14-31-63(65)62-30-13-15-32-64(62)66(67)49-71(79)70-46-57-43-56-25-12-18-35-74(56)84(78(57)51-80(70)86)59-28-20-29-60(47-59)85-75-41-37-54(52-21-6-3-7-22-52)44-68(75)69-45-55(38-42-76(69)85)53-23-8-4-9-24-53/h3-42,44-51H,43H2,1-2H3. The Morgan fingerprint density at radius 1 is 0.244 bits per heavy atom. The SMILES string of the molecule is CC1(C)c2ccccc2N(c2ccccc2)c2cc(-n3c4cc5c(cc4c4cc6c7ccccc7c7ccccc7c6cc43)Cc3ccccc3N5c3cccc(-n4c5ccc(-c6ccccc6)cc5c5cc(-c6ccccc6)ccc54)c3)ccc21. The van der Waals surface area contributed by atoms with Gasteiger partial charge in [-0.25, -0.2) is 0 Å². The normalized spacial score (nSPS) is 13.5. The molecule has 4 heterocycles. The van der Waals surface area contributed by atoms with Crippen molar-refractivity contribution in [2.75, 3.05) is 9.80 Å². The van der Waals surface area contributed by atoms with Gasteiger partial charge in [-0.2, -0.15) is 0 Å². The van der Waals surface area contributed by atoms with Crippen LogP contribution in [-0.2, 0) is 11.8 Å². The van der Waals surface area contributed by atoms with E-state index in [1.807, 2.05) is 0 Å². The molecule has 86 heavy (non-hydrogen) atoms. The van der Waals surface area contributed by atoms with E-state index in [1.54, 1.807) is 0 Å². The third kappa shape index (κ3) is 7.17. The lowest BCUT2D eigenvalue weighted by molar-refractivity contribution is 0.631. The zero-order chi connectivity index (χ0) is 56.8. The van der Waals surface area contributed by atoms with Gasteiger partial charge < -0.3 is 18.9 Å². The van der Waals surface area contributed by atoms with Crippen LogP contribution in [0.3, 0.4) is 0 Å². The van der Waals surface area contributed by atoms with Crippen LogP contribution < -0.4 is 9.80 Å². The second-order valence-corrected chi connectivity index (χ2v) is 24.0. The van der Waals surface area contributed by atoms with E-state index in [1.165, 1.54) is 138 Å². The molecule has 0 unspecified atom stereocenters. The summed E-state index contributed by atoms with van der Waals surface area (Å²) in [5.74, 6) is 0. The molecule has 4 heteroatoms. The molecule has 16 aromatic rings. The second-order valence-electron chi connectivity index (χ2n) is 24.0. The highest BCUT2D eigenvalue weighted by atomic mass is 15.2. The van der Waals surface area contributed by atoms with Crippen LogP contribution in [0.1, 0.15) is 36.1 Å². The van der Waals surface area contributed by atoms with Crippen molar-refractivity contribution in [2.45, 2.75) is 25.7 Å². The first-order chi connectivity index (χ1) is 42.4. The summed E-state index contributed by atoms with van der Waals surface area (Å²) in [6, 6.07) is 109. The molecule has 0 spiro atoms. The minimum atomic E-state index is -0.246. The molecule has 0 saturated carbocycles. The van der Waals surface area contributed by atoms with E-state index < -0.39 is 0 Å². The molecular weight excluding hydrogens is 1040 g/mol. The number of para-hydroxylation sites is 3. The molecule has 4 nitrogen and oxygen atoms in total. The van der Waals surface area contributed by atoms with Gasteiger partial charge in [0.25, 0.3) is 0 Å². The van der Waals surface area contributed by atoms with E-state index in [0.29, 0.717) is 0 Å². The van der Waals surface area contributed by atoms with Crippen LogP contribution in [0.5, 0.6) is 0 Å². The van der Waals surface area contributed by atoms with Gasteiger partial charge in [-0.1, -0.05) is 202 Å². The van der Waals surface area contributed by atoms with Gasteiger partial charge in [-0.3, -0.25) is 0 Å². The maximum atomic E-state index is 2.58. The molecule has 404 valence electrons. The fraction of sp³-hybridized carbons (Fsp3) is 0.0488. The van der Waals surface area contributed by atoms with Crippen LogP contribution in [0.15, 0.2) is 291 Å². The van der Waals surface area contributed by atoms with Gasteiger partial charge in [0, 0.05) is 61.8 Å². The van der Waals surface area contributed by atoms with Crippen LogP contribution in [-0.4, -0.2) is 9.13 Å². The van der Waals surface area contributed by atoms with Crippen molar-refractivity contribution in [1.29, 1.82) is 0 Å². The Kier molecular flexibility index (Phi) is 10.5. The van der Waals surface area contributed by atoms with Gasteiger partial charge in [0.05, 0.1) is 39.1 Å². The average molecular weight is 1100 g/mol. The molecule has 2 aliphatic heterocycles. The van der Waals surface area contributed by atoms with Crippen LogP contribution in [0.2, 0.25) is 0 Å². The predicted octanol–water partition coefficient (Wildman–Crippen LogP) is 22.2. The number of hydrogen-bond donors (Lipinski definition) is 0. The maximum Gasteiger partial charge on any atom is 0.0562 e. The number of nitrogens with zero attached hydrogens (tertiary/aromatic N) is 4. The molecule has 18 rings (SSSR count). The number of anilines is 6. The minimum absolute atomic E-state index is 0.246. The van der Waals surface area contributed by atoms with Crippen molar-refractivity contribution in [2.24, 2.45) is 0 Å². The minimum Gasteiger partial charge on any atom is -0.310 e. The Bertz CT molecular complexity index is 5380. The van der Waals surface area contributed by atoms with Gasteiger partial charge >= 0.3 is 0 Å². The molecule has 14 aromatic carbocycles. The second kappa shape index (κ2) is 18.5. The summed E-state index contributed by atoms with van der Waals surface area (Å²) in [5.41, 5.74) is 23.7. The average Bonchev–Trinajstić information content (AvgIpc) is 1.77. The summed E-state index contributed by atoms with van der Waals surface area (Å²) in [7, 11) is 0. The topological polar surface area (TPSA) is 16.3 Å². The highest BCUT2D eigenvalue weighted by molar-refractivity contribution is 6.29. The van der Waals surface area contributed by atoms with E-state index in [0.717, 1.165) is 34.7 Å². The molecule has 0 bridgehead atoms. The molecule has 0 N–H and O–H groups in total. The molecule has 2 aromatic heterocycles. The predicted molar refractivity (Wildman–Crippen MR) is 363 cm³/mol. The number of aromatic nitrogens is 2. The summed E-state index contributed by atoms with van der Waals surface area (Å²) < 4.78 is 5.05. The molecule has 0 aliphatic carbocycles. The van der Waals surface area contributed by atoms with Crippen LogP contribution in [0, 0.1) is 0 Å². The molecule has 0 atom stereocenters. The Morgan fingerprint density at radius 3 is 1.40 bits per heavy atom. The van der Waals surface area contributed by atoms with Gasteiger partial charge in [-0.15, -0.1) is 0 Å².